The summed E-state index contributed by atoms with van der Waals surface area (Å²) in [6.45, 7) is 3.25. The van der Waals surface area contributed by atoms with Gasteiger partial charge in [0.1, 0.15) is 23.9 Å². The molecule has 1 aliphatic carbocycles. The summed E-state index contributed by atoms with van der Waals surface area (Å²) in [4.78, 5) is 11.0. The minimum absolute atomic E-state index is 0.166. The number of aliphatic carboxylic acids is 1. The number of aliphatic hydroxyl groups excluding tert-OH is 3. The van der Waals surface area contributed by atoms with Crippen molar-refractivity contribution < 1.29 is 30.0 Å². The number of carbonyl (C=O) groups is 1. The van der Waals surface area contributed by atoms with E-state index in [9.17, 15) is 20.1 Å². The Morgan fingerprint density at radius 2 is 2.04 bits per heavy atom. The summed E-state index contributed by atoms with van der Waals surface area (Å²) >= 11 is 0. The maximum absolute atomic E-state index is 11.0. The Hall–Kier alpha value is -1.47. The third-order valence-electron chi connectivity index (χ3n) is 5.05. The monoisotopic (exact) mass is 352 g/mol. The molecule has 0 amide bonds. The number of carboxylic acid groups (broad SMARTS) is 1. The normalized spacial score (nSPS) is 32.2. The van der Waals surface area contributed by atoms with Crippen molar-refractivity contribution in [1.29, 1.82) is 0 Å². The number of unbranched alkanes of at least 4 members (excludes halogenated alkanes) is 3. The Morgan fingerprint density at radius 3 is 2.64 bits per heavy atom. The maximum Gasteiger partial charge on any atom is 0.330 e. The first-order chi connectivity index (χ1) is 11.9. The van der Waals surface area contributed by atoms with Crippen LogP contribution in [-0.4, -0.2) is 56.9 Å². The Morgan fingerprint density at radius 1 is 1.32 bits per heavy atom. The standard InChI is InChI=1S/C19H28O6/c1-3-4-5-6-7-8-13-14(11-20)15(21)17-19(25-17,16(13)22)10-9-12(2)18(23)24/h7-9,15-17,20-22H,3-6,10-11H2,1-2H3,(H,23,24)/b8-7+,12-9+/t15-,16+,17-,19-/m0/s1. The highest BCUT2D eigenvalue weighted by Crippen LogP contribution is 2.52. The number of epoxide rings is 1. The van der Waals surface area contributed by atoms with Crippen LogP contribution >= 0.6 is 0 Å². The molecule has 0 saturated carbocycles. The van der Waals surface area contributed by atoms with Gasteiger partial charge in [0.05, 0.1) is 6.61 Å². The second-order valence-corrected chi connectivity index (χ2v) is 6.77. The molecule has 4 N–H and O–H groups in total. The van der Waals surface area contributed by atoms with Crippen LogP contribution in [0.25, 0.3) is 0 Å². The summed E-state index contributed by atoms with van der Waals surface area (Å²) in [5, 5.41) is 39.8. The third-order valence-corrected chi connectivity index (χ3v) is 5.05. The van der Waals surface area contributed by atoms with Crippen molar-refractivity contribution in [1.82, 2.24) is 0 Å². The van der Waals surface area contributed by atoms with Gasteiger partial charge in [-0.05, 0) is 30.9 Å². The second kappa shape index (κ2) is 8.27. The van der Waals surface area contributed by atoms with Crippen molar-refractivity contribution in [2.45, 2.75) is 69.9 Å². The first-order valence-corrected chi connectivity index (χ1v) is 8.83. The van der Waals surface area contributed by atoms with Gasteiger partial charge >= 0.3 is 5.97 Å². The van der Waals surface area contributed by atoms with Crippen LogP contribution in [0.3, 0.4) is 0 Å². The molecule has 0 radical (unpaired) electrons. The lowest BCUT2D eigenvalue weighted by atomic mass is 9.77. The van der Waals surface area contributed by atoms with E-state index in [2.05, 4.69) is 6.92 Å². The fourth-order valence-electron chi connectivity index (χ4n) is 3.33. The molecule has 6 heteroatoms. The molecular formula is C19H28O6. The molecule has 2 rings (SSSR count). The molecule has 6 nitrogen and oxygen atoms in total. The number of aliphatic hydroxyl groups is 3. The maximum atomic E-state index is 11.0. The summed E-state index contributed by atoms with van der Waals surface area (Å²) < 4.78 is 5.60. The molecule has 0 unspecified atom stereocenters. The number of ether oxygens (including phenoxy) is 1. The fraction of sp³-hybridized carbons (Fsp3) is 0.632. The number of carboxylic acids is 1. The average Bonchev–Trinajstić information content (AvgIpc) is 3.33. The molecule has 0 spiro atoms. The quantitative estimate of drug-likeness (QED) is 0.286. The minimum Gasteiger partial charge on any atom is -0.478 e. The predicted molar refractivity (Wildman–Crippen MR) is 93.0 cm³/mol. The third kappa shape index (κ3) is 4.03. The van der Waals surface area contributed by atoms with Crippen molar-refractivity contribution in [3.05, 3.63) is 34.9 Å². The van der Waals surface area contributed by atoms with Crippen LogP contribution in [0.5, 0.6) is 0 Å². The molecule has 25 heavy (non-hydrogen) atoms. The highest BCUT2D eigenvalue weighted by Gasteiger charge is 2.67. The van der Waals surface area contributed by atoms with E-state index < -0.39 is 29.9 Å². The van der Waals surface area contributed by atoms with Gasteiger partial charge in [-0.1, -0.05) is 38.0 Å². The lowest BCUT2D eigenvalue weighted by molar-refractivity contribution is -0.132. The molecule has 1 fully saturated rings. The van der Waals surface area contributed by atoms with Gasteiger partial charge in [0.25, 0.3) is 0 Å². The summed E-state index contributed by atoms with van der Waals surface area (Å²) in [6.07, 6.45) is 6.89. The molecule has 0 aromatic carbocycles. The first-order valence-electron chi connectivity index (χ1n) is 8.83. The lowest BCUT2D eigenvalue weighted by Crippen LogP contribution is -2.43. The molecular weight excluding hydrogens is 324 g/mol. The number of rotatable bonds is 9. The minimum atomic E-state index is -1.03. The van der Waals surface area contributed by atoms with Crippen molar-refractivity contribution in [3.8, 4) is 0 Å². The number of allylic oxidation sites excluding steroid dienone is 1. The molecule has 4 atom stereocenters. The van der Waals surface area contributed by atoms with Gasteiger partial charge in [0, 0.05) is 12.0 Å². The van der Waals surface area contributed by atoms with Gasteiger partial charge in [0.15, 0.2) is 0 Å². The van der Waals surface area contributed by atoms with Crippen molar-refractivity contribution in [3.63, 3.8) is 0 Å². The van der Waals surface area contributed by atoms with E-state index in [1.807, 2.05) is 6.08 Å². The van der Waals surface area contributed by atoms with Crippen LogP contribution in [0, 0.1) is 0 Å². The lowest BCUT2D eigenvalue weighted by Gasteiger charge is -2.29. The smallest absolute Gasteiger partial charge is 0.330 e. The molecule has 1 heterocycles. The molecule has 0 aromatic rings. The van der Waals surface area contributed by atoms with Crippen LogP contribution in [0.4, 0.5) is 0 Å². The van der Waals surface area contributed by atoms with Gasteiger partial charge in [-0.3, -0.25) is 0 Å². The van der Waals surface area contributed by atoms with Crippen LogP contribution in [-0.2, 0) is 9.53 Å². The fourth-order valence-corrected chi connectivity index (χ4v) is 3.33. The zero-order valence-corrected chi connectivity index (χ0v) is 14.8. The van der Waals surface area contributed by atoms with Crippen molar-refractivity contribution >= 4 is 5.97 Å². The van der Waals surface area contributed by atoms with E-state index in [4.69, 9.17) is 9.84 Å². The van der Waals surface area contributed by atoms with E-state index >= 15 is 0 Å². The largest absolute Gasteiger partial charge is 0.478 e. The average molecular weight is 352 g/mol. The molecule has 1 aliphatic heterocycles. The van der Waals surface area contributed by atoms with Gasteiger partial charge < -0.3 is 25.2 Å². The SMILES string of the molecule is CCCCC/C=C/C1=C(CO)[C@H](O)[C@@H]2O[C@@]2(C/C=C(\C)C(=O)O)[C@@H]1O. The zero-order chi connectivity index (χ0) is 18.6. The molecule has 140 valence electrons. The molecule has 0 bridgehead atoms. The van der Waals surface area contributed by atoms with Crippen molar-refractivity contribution in [2.75, 3.05) is 6.61 Å². The Balaban J connectivity index is 2.19. The first kappa shape index (κ1) is 19.8. The van der Waals surface area contributed by atoms with Crippen LogP contribution in [0.1, 0.15) is 46.0 Å². The van der Waals surface area contributed by atoms with E-state index in [0.29, 0.717) is 11.1 Å². The van der Waals surface area contributed by atoms with Crippen LogP contribution in [0.2, 0.25) is 0 Å². The highest BCUT2D eigenvalue weighted by atomic mass is 16.6. The zero-order valence-electron chi connectivity index (χ0n) is 14.8. The van der Waals surface area contributed by atoms with E-state index in [1.165, 1.54) is 13.0 Å². The molecule has 2 aliphatic rings. The molecule has 0 aromatic heterocycles. The van der Waals surface area contributed by atoms with Crippen LogP contribution in [0.15, 0.2) is 34.9 Å². The summed E-state index contributed by atoms with van der Waals surface area (Å²) in [7, 11) is 0. The Labute approximate surface area is 148 Å². The summed E-state index contributed by atoms with van der Waals surface area (Å²) in [5.74, 6) is -1.03. The predicted octanol–water partition coefficient (Wildman–Crippen LogP) is 1.71. The number of fused-ring (bicyclic) bond motifs is 1. The molecule has 1 saturated heterocycles. The van der Waals surface area contributed by atoms with E-state index in [-0.39, 0.29) is 18.6 Å². The number of hydrogen-bond acceptors (Lipinski definition) is 5. The van der Waals surface area contributed by atoms with Gasteiger partial charge in [-0.2, -0.15) is 0 Å². The van der Waals surface area contributed by atoms with E-state index in [1.54, 1.807) is 6.08 Å². The van der Waals surface area contributed by atoms with E-state index in [0.717, 1.165) is 25.7 Å². The van der Waals surface area contributed by atoms with Crippen LogP contribution < -0.4 is 0 Å². The van der Waals surface area contributed by atoms with Gasteiger partial charge in [-0.15, -0.1) is 0 Å². The van der Waals surface area contributed by atoms with Gasteiger partial charge in [0.2, 0.25) is 0 Å². The summed E-state index contributed by atoms with van der Waals surface area (Å²) in [5.41, 5.74) is -0.00502. The van der Waals surface area contributed by atoms with Crippen molar-refractivity contribution in [2.24, 2.45) is 0 Å². The Bertz CT molecular complexity index is 591. The van der Waals surface area contributed by atoms with Gasteiger partial charge in [-0.25, -0.2) is 4.79 Å². The Kier molecular flexibility index (Phi) is 6.57. The topological polar surface area (TPSA) is 111 Å². The highest BCUT2D eigenvalue weighted by molar-refractivity contribution is 5.85. The summed E-state index contributed by atoms with van der Waals surface area (Å²) in [6, 6.07) is 0. The second-order valence-electron chi connectivity index (χ2n) is 6.77. The number of hydrogen-bond donors (Lipinski definition) is 4.